The van der Waals surface area contributed by atoms with E-state index < -0.39 is 11.7 Å². The van der Waals surface area contributed by atoms with Crippen LogP contribution in [0, 0.1) is 0 Å². The highest BCUT2D eigenvalue weighted by Crippen LogP contribution is 2.37. The van der Waals surface area contributed by atoms with Crippen LogP contribution in [0.2, 0.25) is 0 Å². The van der Waals surface area contributed by atoms with Crippen LogP contribution in [0.1, 0.15) is 16.1 Å². The maximum absolute atomic E-state index is 13.4. The van der Waals surface area contributed by atoms with Crippen LogP contribution in [-0.4, -0.2) is 27.9 Å². The predicted octanol–water partition coefficient (Wildman–Crippen LogP) is 5.63. The molecular weight excluding hydrogens is 491 g/mol. The van der Waals surface area contributed by atoms with Gasteiger partial charge in [0.25, 0.3) is 5.91 Å². The number of amides is 1. The number of hydrogen-bond acceptors (Lipinski definition) is 5. The monoisotopic (exact) mass is 505 g/mol. The molecule has 3 N–H and O–H groups in total. The van der Waals surface area contributed by atoms with Crippen molar-refractivity contribution in [2.45, 2.75) is 6.18 Å². The number of imidazole rings is 1. The highest BCUT2D eigenvalue weighted by molar-refractivity contribution is 9.10. The number of pyridine rings is 1. The third kappa shape index (κ3) is 4.67. The molecule has 0 aliphatic carbocycles. The van der Waals surface area contributed by atoms with Crippen molar-refractivity contribution in [3.05, 3.63) is 70.5 Å². The molecule has 0 bridgehead atoms. The SMILES string of the molecule is CNC(=O)c1cc(Oc2ccc3nc(Nc4ccc(Br)cc4C(F)(F)F)[nH]c3c2)ccn1. The molecule has 0 fully saturated rings. The van der Waals surface area contributed by atoms with Crippen molar-refractivity contribution < 1.29 is 22.7 Å². The molecule has 0 atom stereocenters. The second kappa shape index (κ2) is 8.50. The molecule has 2 aromatic heterocycles. The van der Waals surface area contributed by atoms with E-state index in [4.69, 9.17) is 4.74 Å². The molecule has 0 spiro atoms. The minimum Gasteiger partial charge on any atom is -0.457 e. The Morgan fingerprint density at radius 2 is 1.88 bits per heavy atom. The van der Waals surface area contributed by atoms with Crippen LogP contribution < -0.4 is 15.4 Å². The van der Waals surface area contributed by atoms with Crippen LogP contribution in [-0.2, 0) is 6.18 Å². The molecule has 0 saturated carbocycles. The minimum absolute atomic E-state index is 0.130. The van der Waals surface area contributed by atoms with Crippen molar-refractivity contribution in [2.75, 3.05) is 12.4 Å². The number of aromatic amines is 1. The molecule has 1 amide bonds. The van der Waals surface area contributed by atoms with Crippen LogP contribution in [0.15, 0.2) is 59.2 Å². The van der Waals surface area contributed by atoms with Crippen LogP contribution in [0.25, 0.3) is 11.0 Å². The van der Waals surface area contributed by atoms with Crippen molar-refractivity contribution in [1.82, 2.24) is 20.3 Å². The number of benzene rings is 2. The van der Waals surface area contributed by atoms with Crippen LogP contribution in [0.4, 0.5) is 24.8 Å². The van der Waals surface area contributed by atoms with Gasteiger partial charge in [-0.25, -0.2) is 4.98 Å². The third-order valence-corrected chi connectivity index (χ3v) is 4.91. The first-order chi connectivity index (χ1) is 15.2. The summed E-state index contributed by atoms with van der Waals surface area (Å²) in [6.45, 7) is 0. The Bertz CT molecular complexity index is 1310. The van der Waals surface area contributed by atoms with E-state index in [9.17, 15) is 18.0 Å². The normalized spacial score (nSPS) is 11.4. The van der Waals surface area contributed by atoms with Gasteiger partial charge >= 0.3 is 6.18 Å². The summed E-state index contributed by atoms with van der Waals surface area (Å²) in [6.07, 6.45) is -3.08. The zero-order valence-corrected chi connectivity index (χ0v) is 18.0. The van der Waals surface area contributed by atoms with Gasteiger partial charge in [0.1, 0.15) is 17.2 Å². The summed E-state index contributed by atoms with van der Waals surface area (Å²) in [5.74, 6) is 0.652. The van der Waals surface area contributed by atoms with Crippen molar-refractivity contribution in [2.24, 2.45) is 0 Å². The number of ether oxygens (including phenoxy) is 1. The highest BCUT2D eigenvalue weighted by atomic mass is 79.9. The molecule has 32 heavy (non-hydrogen) atoms. The van der Waals surface area contributed by atoms with Crippen molar-refractivity contribution in [3.63, 3.8) is 0 Å². The van der Waals surface area contributed by atoms with E-state index in [1.54, 1.807) is 24.3 Å². The average molecular weight is 506 g/mol. The number of alkyl halides is 3. The van der Waals surface area contributed by atoms with E-state index in [1.807, 2.05) is 0 Å². The van der Waals surface area contributed by atoms with Gasteiger partial charge in [0.2, 0.25) is 5.95 Å². The zero-order chi connectivity index (χ0) is 22.9. The largest absolute Gasteiger partial charge is 0.457 e. The highest BCUT2D eigenvalue weighted by Gasteiger charge is 2.34. The molecule has 0 aliphatic heterocycles. The van der Waals surface area contributed by atoms with E-state index in [0.29, 0.717) is 27.0 Å². The van der Waals surface area contributed by atoms with Crippen molar-refractivity contribution in [3.8, 4) is 11.5 Å². The van der Waals surface area contributed by atoms with Gasteiger partial charge in [0.15, 0.2) is 0 Å². The second-order valence-electron chi connectivity index (χ2n) is 6.64. The van der Waals surface area contributed by atoms with Gasteiger partial charge in [-0.05, 0) is 36.4 Å². The summed E-state index contributed by atoms with van der Waals surface area (Å²) in [7, 11) is 1.50. The lowest BCUT2D eigenvalue weighted by molar-refractivity contribution is -0.137. The van der Waals surface area contributed by atoms with Crippen LogP contribution in [0.5, 0.6) is 11.5 Å². The summed E-state index contributed by atoms with van der Waals surface area (Å²) < 4.78 is 46.2. The number of aromatic nitrogens is 3. The molecule has 0 saturated heterocycles. The Morgan fingerprint density at radius 3 is 2.62 bits per heavy atom. The number of carbonyl (C=O) groups excluding carboxylic acids is 1. The molecular formula is C21H15BrF3N5O2. The number of nitrogens with one attached hydrogen (secondary N) is 3. The number of nitrogens with zero attached hydrogens (tertiary/aromatic N) is 2. The summed E-state index contributed by atoms with van der Waals surface area (Å²) in [6, 6.07) is 11.9. The average Bonchev–Trinajstić information content (AvgIpc) is 3.15. The molecule has 2 aromatic carbocycles. The molecule has 4 rings (SSSR count). The maximum atomic E-state index is 13.4. The molecule has 0 unspecified atom stereocenters. The van der Waals surface area contributed by atoms with Crippen molar-refractivity contribution >= 4 is 44.5 Å². The number of hydrogen-bond donors (Lipinski definition) is 3. The topological polar surface area (TPSA) is 91.9 Å². The number of rotatable bonds is 5. The van der Waals surface area contributed by atoms with Crippen molar-refractivity contribution in [1.29, 1.82) is 0 Å². The van der Waals surface area contributed by atoms with E-state index >= 15 is 0 Å². The maximum Gasteiger partial charge on any atom is 0.418 e. The molecule has 11 heteroatoms. The van der Waals surface area contributed by atoms with Crippen LogP contribution in [0.3, 0.4) is 0 Å². The summed E-state index contributed by atoms with van der Waals surface area (Å²) in [5, 5.41) is 5.18. The van der Waals surface area contributed by atoms with Crippen LogP contribution >= 0.6 is 15.9 Å². The smallest absolute Gasteiger partial charge is 0.418 e. The molecule has 0 radical (unpaired) electrons. The summed E-state index contributed by atoms with van der Waals surface area (Å²) >= 11 is 3.06. The van der Waals surface area contributed by atoms with Gasteiger partial charge < -0.3 is 20.4 Å². The van der Waals surface area contributed by atoms with Gasteiger partial charge in [0.05, 0.1) is 22.3 Å². The molecule has 0 aliphatic rings. The Labute approximate surface area is 188 Å². The molecule has 164 valence electrons. The molecule has 7 nitrogen and oxygen atoms in total. The first-order valence-electron chi connectivity index (χ1n) is 9.22. The predicted molar refractivity (Wildman–Crippen MR) is 116 cm³/mol. The number of fused-ring (bicyclic) bond motifs is 1. The van der Waals surface area contributed by atoms with E-state index in [2.05, 4.69) is 41.5 Å². The number of anilines is 2. The lowest BCUT2D eigenvalue weighted by Crippen LogP contribution is -2.18. The lowest BCUT2D eigenvalue weighted by atomic mass is 10.1. The van der Waals surface area contributed by atoms with E-state index in [-0.39, 0.29) is 23.2 Å². The van der Waals surface area contributed by atoms with E-state index in [0.717, 1.165) is 6.07 Å². The molecule has 4 aromatic rings. The Balaban J connectivity index is 1.59. The standard InChI is InChI=1S/C21H15BrF3N5O2/c1-26-19(31)18-10-13(6-7-27-18)32-12-3-5-16-17(9-12)30-20(29-16)28-15-4-2-11(22)8-14(15)21(23,24)25/h2-10H,1H3,(H,26,31)(H2,28,29,30). The quantitative estimate of drug-likeness (QED) is 0.326. The third-order valence-electron chi connectivity index (χ3n) is 4.42. The van der Waals surface area contributed by atoms with E-state index in [1.165, 1.54) is 31.4 Å². The number of halogens is 4. The fraction of sp³-hybridized carbons (Fsp3) is 0.0952. The minimum atomic E-state index is -4.53. The fourth-order valence-electron chi connectivity index (χ4n) is 2.96. The van der Waals surface area contributed by atoms with Gasteiger partial charge in [0, 0.05) is 29.8 Å². The fourth-order valence-corrected chi connectivity index (χ4v) is 3.32. The van der Waals surface area contributed by atoms with Gasteiger partial charge in [-0.15, -0.1) is 0 Å². The van der Waals surface area contributed by atoms with Gasteiger partial charge in [-0.1, -0.05) is 15.9 Å². The Hall–Kier alpha value is -3.60. The second-order valence-corrected chi connectivity index (χ2v) is 7.55. The first kappa shape index (κ1) is 21.6. The number of H-pyrrole nitrogens is 1. The van der Waals surface area contributed by atoms with Gasteiger partial charge in [-0.3, -0.25) is 9.78 Å². The number of carbonyl (C=O) groups is 1. The Morgan fingerprint density at radius 1 is 1.09 bits per heavy atom. The summed E-state index contributed by atoms with van der Waals surface area (Å²) in [4.78, 5) is 22.9. The Kier molecular flexibility index (Phi) is 5.74. The van der Waals surface area contributed by atoms with Gasteiger partial charge in [-0.2, -0.15) is 13.2 Å². The lowest BCUT2D eigenvalue weighted by Gasteiger charge is -2.13. The zero-order valence-electron chi connectivity index (χ0n) is 16.4. The molecule has 2 heterocycles. The summed E-state index contributed by atoms with van der Waals surface area (Å²) in [5.41, 5.74) is 0.340. The first-order valence-corrected chi connectivity index (χ1v) is 10.0.